The lowest BCUT2D eigenvalue weighted by Gasteiger charge is -2.36. The van der Waals surface area contributed by atoms with Gasteiger partial charge in [-0.2, -0.15) is 0 Å². The maximum atomic E-state index is 12.8. The Balaban J connectivity index is 1.48. The lowest BCUT2D eigenvalue weighted by molar-refractivity contribution is -0.384. The van der Waals surface area contributed by atoms with Gasteiger partial charge in [-0.25, -0.2) is 4.39 Å². The van der Waals surface area contributed by atoms with E-state index in [4.69, 9.17) is 4.74 Å². The summed E-state index contributed by atoms with van der Waals surface area (Å²) in [5.41, 5.74) is 0.950. The number of carbonyl (C=O) groups excluding carboxylic acids is 1. The zero-order valence-corrected chi connectivity index (χ0v) is 14.0. The molecule has 0 N–H and O–H groups in total. The normalized spacial score (nSPS) is 14.2. The molecule has 1 fully saturated rings. The molecule has 8 heteroatoms. The van der Waals surface area contributed by atoms with Crippen LogP contribution in [-0.4, -0.2) is 48.5 Å². The first-order chi connectivity index (χ1) is 12.5. The molecule has 0 aromatic heterocycles. The van der Waals surface area contributed by atoms with Gasteiger partial charge in [-0.15, -0.1) is 0 Å². The molecule has 0 unspecified atom stereocenters. The lowest BCUT2D eigenvalue weighted by Crippen LogP contribution is -2.50. The van der Waals surface area contributed by atoms with Crippen LogP contribution in [0, 0.1) is 15.9 Å². The van der Waals surface area contributed by atoms with Crippen molar-refractivity contribution in [1.29, 1.82) is 0 Å². The fourth-order valence-electron chi connectivity index (χ4n) is 2.77. The molecule has 1 heterocycles. The number of non-ortho nitro benzene ring substituents is 1. The molecule has 0 bridgehead atoms. The molecule has 3 rings (SSSR count). The maximum absolute atomic E-state index is 12.8. The summed E-state index contributed by atoms with van der Waals surface area (Å²) in [5, 5.41) is 10.7. The first-order valence-corrected chi connectivity index (χ1v) is 8.18. The van der Waals surface area contributed by atoms with Crippen molar-refractivity contribution in [3.05, 3.63) is 64.5 Å². The quantitative estimate of drug-likeness (QED) is 0.605. The van der Waals surface area contributed by atoms with Crippen LogP contribution in [0.1, 0.15) is 0 Å². The van der Waals surface area contributed by atoms with E-state index in [1.54, 1.807) is 17.0 Å². The number of nitrogens with zero attached hydrogens (tertiary/aromatic N) is 3. The second kappa shape index (κ2) is 7.81. The van der Waals surface area contributed by atoms with Gasteiger partial charge in [0.15, 0.2) is 6.61 Å². The highest BCUT2D eigenvalue weighted by molar-refractivity contribution is 5.78. The van der Waals surface area contributed by atoms with Gasteiger partial charge in [0.2, 0.25) is 0 Å². The van der Waals surface area contributed by atoms with E-state index in [2.05, 4.69) is 4.90 Å². The van der Waals surface area contributed by atoms with Gasteiger partial charge in [0.05, 0.1) is 4.92 Å². The van der Waals surface area contributed by atoms with E-state index in [-0.39, 0.29) is 24.0 Å². The third kappa shape index (κ3) is 4.27. The van der Waals surface area contributed by atoms with Gasteiger partial charge >= 0.3 is 0 Å². The average molecular weight is 359 g/mol. The minimum atomic E-state index is -0.429. The zero-order chi connectivity index (χ0) is 18.5. The minimum Gasteiger partial charge on any atom is -0.484 e. The van der Waals surface area contributed by atoms with Crippen LogP contribution in [0.5, 0.6) is 5.75 Å². The second-order valence-electron chi connectivity index (χ2n) is 5.88. The molecule has 2 aromatic rings. The zero-order valence-electron chi connectivity index (χ0n) is 14.0. The number of piperazine rings is 1. The number of anilines is 1. The number of hydrogen-bond acceptors (Lipinski definition) is 5. The SMILES string of the molecule is O=C(COc1ccc(F)cc1)N1CCN(c2ccc([N+](=O)[O-])cc2)CC1. The third-order valence-electron chi connectivity index (χ3n) is 4.23. The Kier molecular flexibility index (Phi) is 5.31. The van der Waals surface area contributed by atoms with Gasteiger partial charge < -0.3 is 14.5 Å². The number of halogens is 1. The lowest BCUT2D eigenvalue weighted by atomic mass is 10.2. The number of hydrogen-bond donors (Lipinski definition) is 0. The maximum Gasteiger partial charge on any atom is 0.269 e. The highest BCUT2D eigenvalue weighted by Crippen LogP contribution is 2.20. The molecule has 0 radical (unpaired) electrons. The monoisotopic (exact) mass is 359 g/mol. The van der Waals surface area contributed by atoms with Gasteiger partial charge in [-0.1, -0.05) is 0 Å². The van der Waals surface area contributed by atoms with E-state index < -0.39 is 4.92 Å². The van der Waals surface area contributed by atoms with E-state index in [9.17, 15) is 19.3 Å². The number of carbonyl (C=O) groups is 1. The van der Waals surface area contributed by atoms with Crippen molar-refractivity contribution < 1.29 is 18.8 Å². The molecule has 1 aliphatic rings. The number of nitro benzene ring substituents is 1. The summed E-state index contributed by atoms with van der Waals surface area (Å²) < 4.78 is 18.2. The van der Waals surface area contributed by atoms with Crippen molar-refractivity contribution in [2.45, 2.75) is 0 Å². The van der Waals surface area contributed by atoms with Crippen molar-refractivity contribution in [2.24, 2.45) is 0 Å². The smallest absolute Gasteiger partial charge is 0.269 e. The highest BCUT2D eigenvalue weighted by atomic mass is 19.1. The molecule has 1 saturated heterocycles. The number of rotatable bonds is 5. The number of ether oxygens (including phenoxy) is 1. The average Bonchev–Trinajstić information content (AvgIpc) is 2.67. The summed E-state index contributed by atoms with van der Waals surface area (Å²) in [6.45, 7) is 2.27. The van der Waals surface area contributed by atoms with Crippen LogP contribution in [-0.2, 0) is 4.79 Å². The fourth-order valence-corrected chi connectivity index (χ4v) is 2.77. The molecule has 0 saturated carbocycles. The van der Waals surface area contributed by atoms with Crippen molar-refractivity contribution in [2.75, 3.05) is 37.7 Å². The van der Waals surface area contributed by atoms with E-state index >= 15 is 0 Å². The summed E-state index contributed by atoms with van der Waals surface area (Å²) in [4.78, 5) is 26.3. The predicted molar refractivity (Wildman–Crippen MR) is 93.8 cm³/mol. The molecule has 136 valence electrons. The topological polar surface area (TPSA) is 75.9 Å². The van der Waals surface area contributed by atoms with Crippen LogP contribution in [0.4, 0.5) is 15.8 Å². The van der Waals surface area contributed by atoms with E-state index in [0.29, 0.717) is 31.9 Å². The van der Waals surface area contributed by atoms with Crippen molar-refractivity contribution in [3.63, 3.8) is 0 Å². The molecular weight excluding hydrogens is 341 g/mol. The van der Waals surface area contributed by atoms with Crippen LogP contribution in [0.2, 0.25) is 0 Å². The fraction of sp³-hybridized carbons (Fsp3) is 0.278. The third-order valence-corrected chi connectivity index (χ3v) is 4.23. The van der Waals surface area contributed by atoms with Crippen LogP contribution in [0.3, 0.4) is 0 Å². The molecule has 0 aliphatic carbocycles. The largest absolute Gasteiger partial charge is 0.484 e. The molecule has 0 spiro atoms. The number of amides is 1. The van der Waals surface area contributed by atoms with Crippen LogP contribution >= 0.6 is 0 Å². The molecule has 2 aromatic carbocycles. The van der Waals surface area contributed by atoms with Gasteiger partial charge in [0.25, 0.3) is 11.6 Å². The van der Waals surface area contributed by atoms with E-state index in [1.165, 1.54) is 36.4 Å². The van der Waals surface area contributed by atoms with E-state index in [1.807, 2.05) is 0 Å². The Morgan fingerprint density at radius 3 is 2.23 bits per heavy atom. The van der Waals surface area contributed by atoms with Crippen molar-refractivity contribution in [3.8, 4) is 5.75 Å². The summed E-state index contributed by atoms with van der Waals surface area (Å²) in [5.74, 6) is -0.0343. The number of nitro groups is 1. The Morgan fingerprint density at radius 1 is 1.04 bits per heavy atom. The summed E-state index contributed by atoms with van der Waals surface area (Å²) >= 11 is 0. The highest BCUT2D eigenvalue weighted by Gasteiger charge is 2.22. The van der Waals surface area contributed by atoms with Crippen LogP contribution in [0.25, 0.3) is 0 Å². The van der Waals surface area contributed by atoms with Crippen molar-refractivity contribution >= 4 is 17.3 Å². The molecule has 0 atom stereocenters. The Labute approximate surface area is 149 Å². The first-order valence-electron chi connectivity index (χ1n) is 8.18. The molecule has 1 amide bonds. The molecule has 1 aliphatic heterocycles. The predicted octanol–water partition coefficient (Wildman–Crippen LogP) is 2.46. The summed E-state index contributed by atoms with van der Waals surface area (Å²) in [6, 6.07) is 11.9. The Morgan fingerprint density at radius 2 is 1.65 bits per heavy atom. The van der Waals surface area contributed by atoms with E-state index in [0.717, 1.165) is 5.69 Å². The van der Waals surface area contributed by atoms with Crippen LogP contribution < -0.4 is 9.64 Å². The van der Waals surface area contributed by atoms with Gasteiger partial charge in [0, 0.05) is 44.0 Å². The van der Waals surface area contributed by atoms with Crippen LogP contribution in [0.15, 0.2) is 48.5 Å². The summed E-state index contributed by atoms with van der Waals surface area (Å²) in [6.07, 6.45) is 0. The minimum absolute atomic E-state index is 0.0560. The first kappa shape index (κ1) is 17.7. The Hall–Kier alpha value is -3.16. The molecular formula is C18H18FN3O4. The number of benzene rings is 2. The van der Waals surface area contributed by atoms with Gasteiger partial charge in [-0.3, -0.25) is 14.9 Å². The van der Waals surface area contributed by atoms with Gasteiger partial charge in [-0.05, 0) is 36.4 Å². The summed E-state index contributed by atoms with van der Waals surface area (Å²) in [7, 11) is 0. The standard InChI is InChI=1S/C18H18FN3O4/c19-14-1-7-17(8-2-14)26-13-18(23)21-11-9-20(10-12-21)15-3-5-16(6-4-15)22(24)25/h1-8H,9-13H2. The molecule has 26 heavy (non-hydrogen) atoms. The molecule has 7 nitrogen and oxygen atoms in total. The Bertz CT molecular complexity index is 772. The van der Waals surface area contributed by atoms with Gasteiger partial charge in [0.1, 0.15) is 11.6 Å². The second-order valence-corrected chi connectivity index (χ2v) is 5.88. The van der Waals surface area contributed by atoms with Crippen molar-refractivity contribution in [1.82, 2.24) is 4.90 Å².